The van der Waals surface area contributed by atoms with Gasteiger partial charge in [-0.25, -0.2) is 4.79 Å². The van der Waals surface area contributed by atoms with Crippen LogP contribution in [0.1, 0.15) is 44.7 Å². The van der Waals surface area contributed by atoms with Crippen LogP contribution >= 0.6 is 0 Å². The zero-order valence-electron chi connectivity index (χ0n) is 13.5. The number of anilines is 1. The number of carbonyl (C=O) groups is 1. The van der Waals surface area contributed by atoms with E-state index < -0.39 is 5.60 Å². The second-order valence-corrected chi connectivity index (χ2v) is 6.88. The minimum atomic E-state index is -0.452. The first-order valence-corrected chi connectivity index (χ1v) is 7.61. The summed E-state index contributed by atoms with van der Waals surface area (Å²) in [5.41, 5.74) is 8.72. The van der Waals surface area contributed by atoms with E-state index in [0.717, 1.165) is 37.1 Å². The molecule has 1 aromatic carbocycles. The van der Waals surface area contributed by atoms with Crippen LogP contribution in [0.15, 0.2) is 18.2 Å². The number of nitrogens with two attached hydrogens (primary N) is 1. The predicted molar refractivity (Wildman–Crippen MR) is 85.3 cm³/mol. The Hall–Kier alpha value is -1.71. The molecule has 2 N–H and O–H groups in total. The number of ether oxygens (including phenoxy) is 1. The number of hydrogen-bond donors (Lipinski definition) is 1. The minimum absolute atomic E-state index is 0.184. The third-order valence-corrected chi connectivity index (χ3v) is 3.76. The summed E-state index contributed by atoms with van der Waals surface area (Å²) in [6.45, 7) is 8.52. The van der Waals surface area contributed by atoms with Gasteiger partial charge in [0, 0.05) is 18.3 Å². The maximum absolute atomic E-state index is 12.3. The highest BCUT2D eigenvalue weighted by Gasteiger charge is 2.32. The molecule has 0 bridgehead atoms. The molecular formula is C17H26N2O2. The minimum Gasteiger partial charge on any atom is -0.444 e. The Kier molecular flexibility index (Phi) is 4.45. The third kappa shape index (κ3) is 4.13. The van der Waals surface area contributed by atoms with Gasteiger partial charge in [0.05, 0.1) is 0 Å². The van der Waals surface area contributed by atoms with Crippen molar-refractivity contribution in [3.63, 3.8) is 0 Å². The summed E-state index contributed by atoms with van der Waals surface area (Å²) in [7, 11) is 0. The topological polar surface area (TPSA) is 55.6 Å². The van der Waals surface area contributed by atoms with Crippen molar-refractivity contribution in [2.75, 3.05) is 12.3 Å². The van der Waals surface area contributed by atoms with Crippen LogP contribution in [0.5, 0.6) is 0 Å². The Bertz CT molecular complexity index is 520. The molecule has 0 aliphatic carbocycles. The highest BCUT2D eigenvalue weighted by atomic mass is 16.6. The summed E-state index contributed by atoms with van der Waals surface area (Å²) in [6.07, 6.45) is 2.62. The zero-order valence-corrected chi connectivity index (χ0v) is 13.5. The monoisotopic (exact) mass is 290 g/mol. The van der Waals surface area contributed by atoms with Crippen LogP contribution in [0.25, 0.3) is 0 Å². The molecule has 1 saturated heterocycles. The fraction of sp³-hybridized carbons (Fsp3) is 0.588. The highest BCUT2D eigenvalue weighted by Crippen LogP contribution is 2.26. The Balaban J connectivity index is 2.08. The third-order valence-electron chi connectivity index (χ3n) is 3.76. The lowest BCUT2D eigenvalue weighted by atomic mass is 10.0. The lowest BCUT2D eigenvalue weighted by Crippen LogP contribution is -2.40. The van der Waals surface area contributed by atoms with Crippen LogP contribution < -0.4 is 5.73 Å². The summed E-state index contributed by atoms with van der Waals surface area (Å²) in [6, 6.07) is 6.25. The number of hydrogen-bond acceptors (Lipinski definition) is 3. The van der Waals surface area contributed by atoms with Crippen molar-refractivity contribution in [3.8, 4) is 0 Å². The Labute approximate surface area is 127 Å². The SMILES string of the molecule is Cc1ccc(N)c(CC2CCCN2C(=O)OC(C)(C)C)c1. The van der Waals surface area contributed by atoms with Gasteiger partial charge in [0.15, 0.2) is 0 Å². The summed E-state index contributed by atoms with van der Waals surface area (Å²) in [5.74, 6) is 0. The molecular weight excluding hydrogens is 264 g/mol. The predicted octanol–water partition coefficient (Wildman–Crippen LogP) is 3.52. The average Bonchev–Trinajstić information content (AvgIpc) is 2.80. The van der Waals surface area contributed by atoms with E-state index in [4.69, 9.17) is 10.5 Å². The second kappa shape index (κ2) is 5.96. The Morgan fingerprint density at radius 2 is 2.14 bits per heavy atom. The maximum atomic E-state index is 12.3. The molecule has 4 heteroatoms. The number of nitrogen functional groups attached to an aromatic ring is 1. The van der Waals surface area contributed by atoms with E-state index in [0.29, 0.717) is 0 Å². The van der Waals surface area contributed by atoms with Crippen LogP contribution in [0.4, 0.5) is 10.5 Å². The summed E-state index contributed by atoms with van der Waals surface area (Å²) < 4.78 is 5.50. The fourth-order valence-electron chi connectivity index (χ4n) is 2.77. The van der Waals surface area contributed by atoms with Gasteiger partial charge in [-0.2, -0.15) is 0 Å². The first kappa shape index (κ1) is 15.7. The first-order valence-electron chi connectivity index (χ1n) is 7.61. The number of carbonyl (C=O) groups excluding carboxylic acids is 1. The molecule has 1 atom stereocenters. The van der Waals surface area contributed by atoms with E-state index in [-0.39, 0.29) is 12.1 Å². The Morgan fingerprint density at radius 3 is 2.81 bits per heavy atom. The molecule has 1 aliphatic rings. The van der Waals surface area contributed by atoms with Gasteiger partial charge in [0.1, 0.15) is 5.60 Å². The summed E-state index contributed by atoms with van der Waals surface area (Å²) in [4.78, 5) is 14.1. The van der Waals surface area contributed by atoms with Crippen molar-refractivity contribution in [2.24, 2.45) is 0 Å². The van der Waals surface area contributed by atoms with Crippen molar-refractivity contribution in [2.45, 2.75) is 58.6 Å². The van der Waals surface area contributed by atoms with Gasteiger partial charge in [-0.05, 0) is 58.6 Å². The molecule has 116 valence electrons. The van der Waals surface area contributed by atoms with E-state index in [1.807, 2.05) is 37.8 Å². The van der Waals surface area contributed by atoms with E-state index in [2.05, 4.69) is 13.0 Å². The van der Waals surface area contributed by atoms with Crippen molar-refractivity contribution in [1.29, 1.82) is 0 Å². The number of likely N-dealkylation sites (tertiary alicyclic amines) is 1. The molecule has 1 fully saturated rings. The second-order valence-electron chi connectivity index (χ2n) is 6.88. The van der Waals surface area contributed by atoms with Gasteiger partial charge >= 0.3 is 6.09 Å². The van der Waals surface area contributed by atoms with E-state index in [1.54, 1.807) is 0 Å². The number of nitrogens with zero attached hydrogens (tertiary/aromatic N) is 1. The molecule has 1 unspecified atom stereocenters. The quantitative estimate of drug-likeness (QED) is 0.848. The van der Waals surface area contributed by atoms with E-state index in [9.17, 15) is 4.79 Å². The summed E-state index contributed by atoms with van der Waals surface area (Å²) >= 11 is 0. The standard InChI is InChI=1S/C17H26N2O2/c1-12-7-8-15(18)13(10-12)11-14-6-5-9-19(14)16(20)21-17(2,3)4/h7-8,10,14H,5-6,9,11,18H2,1-4H3. The van der Waals surface area contributed by atoms with Crippen molar-refractivity contribution in [3.05, 3.63) is 29.3 Å². The molecule has 0 spiro atoms. The fourth-order valence-corrected chi connectivity index (χ4v) is 2.77. The molecule has 1 heterocycles. The Morgan fingerprint density at radius 1 is 1.43 bits per heavy atom. The molecule has 0 saturated carbocycles. The molecule has 1 amide bonds. The van der Waals surface area contributed by atoms with Crippen LogP contribution in [0.2, 0.25) is 0 Å². The smallest absolute Gasteiger partial charge is 0.410 e. The van der Waals surface area contributed by atoms with E-state index in [1.165, 1.54) is 5.56 Å². The molecule has 2 rings (SSSR count). The zero-order chi connectivity index (χ0) is 15.6. The van der Waals surface area contributed by atoms with Gasteiger partial charge in [0.2, 0.25) is 0 Å². The van der Waals surface area contributed by atoms with Gasteiger partial charge < -0.3 is 15.4 Å². The van der Waals surface area contributed by atoms with Gasteiger partial charge in [-0.1, -0.05) is 17.7 Å². The van der Waals surface area contributed by atoms with Gasteiger partial charge in [-0.3, -0.25) is 0 Å². The maximum Gasteiger partial charge on any atom is 0.410 e. The van der Waals surface area contributed by atoms with Crippen LogP contribution in [0.3, 0.4) is 0 Å². The molecule has 21 heavy (non-hydrogen) atoms. The van der Waals surface area contributed by atoms with Gasteiger partial charge in [-0.15, -0.1) is 0 Å². The number of rotatable bonds is 2. The molecule has 1 aliphatic heterocycles. The number of amides is 1. The van der Waals surface area contributed by atoms with E-state index >= 15 is 0 Å². The van der Waals surface area contributed by atoms with Crippen molar-refractivity contribution < 1.29 is 9.53 Å². The largest absolute Gasteiger partial charge is 0.444 e. The van der Waals surface area contributed by atoms with Crippen LogP contribution in [-0.4, -0.2) is 29.2 Å². The molecule has 0 radical (unpaired) electrons. The van der Waals surface area contributed by atoms with Crippen molar-refractivity contribution >= 4 is 11.8 Å². The number of aryl methyl sites for hydroxylation is 1. The highest BCUT2D eigenvalue weighted by molar-refractivity contribution is 5.69. The van der Waals surface area contributed by atoms with Crippen molar-refractivity contribution in [1.82, 2.24) is 4.90 Å². The lowest BCUT2D eigenvalue weighted by Gasteiger charge is -2.29. The van der Waals surface area contributed by atoms with Crippen LogP contribution in [0, 0.1) is 6.92 Å². The molecule has 0 aromatic heterocycles. The van der Waals surface area contributed by atoms with Crippen LogP contribution in [-0.2, 0) is 11.2 Å². The molecule has 4 nitrogen and oxygen atoms in total. The lowest BCUT2D eigenvalue weighted by molar-refractivity contribution is 0.0227. The average molecular weight is 290 g/mol. The summed E-state index contributed by atoms with van der Waals surface area (Å²) in [5, 5.41) is 0. The number of benzene rings is 1. The normalized spacial score (nSPS) is 18.9. The first-order chi connectivity index (χ1) is 9.76. The van der Waals surface area contributed by atoms with Gasteiger partial charge in [0.25, 0.3) is 0 Å². The molecule has 1 aromatic rings.